The lowest BCUT2D eigenvalue weighted by atomic mass is 10.0. The Hall–Kier alpha value is -3.11. The van der Waals surface area contributed by atoms with Gasteiger partial charge in [0.1, 0.15) is 12.6 Å². The standard InChI is InChI=1S/C23H20ClNO3/c1-16(25-22(26)20-9-5-6-10-21(20)24)23(27)28-15-17-11-13-19(14-12-17)18-7-3-2-4-8-18/h2-14,16H,15H2,1H3,(H,25,26)/t16-/m0/s1. The van der Waals surface area contributed by atoms with Gasteiger partial charge in [-0.25, -0.2) is 4.79 Å². The number of carbonyl (C=O) groups is 2. The van der Waals surface area contributed by atoms with E-state index in [1.807, 2.05) is 54.6 Å². The fraction of sp³-hybridized carbons (Fsp3) is 0.130. The fourth-order valence-corrected chi connectivity index (χ4v) is 2.90. The molecule has 142 valence electrons. The average molecular weight is 394 g/mol. The summed E-state index contributed by atoms with van der Waals surface area (Å²) in [6, 6.07) is 23.7. The Bertz CT molecular complexity index is 955. The zero-order valence-corrected chi connectivity index (χ0v) is 16.1. The van der Waals surface area contributed by atoms with Gasteiger partial charge in [-0.15, -0.1) is 0 Å². The third kappa shape index (κ3) is 4.99. The minimum atomic E-state index is -0.785. The summed E-state index contributed by atoms with van der Waals surface area (Å²) in [6.07, 6.45) is 0. The molecule has 0 unspecified atom stereocenters. The number of ether oxygens (including phenoxy) is 1. The highest BCUT2D eigenvalue weighted by molar-refractivity contribution is 6.33. The molecule has 28 heavy (non-hydrogen) atoms. The van der Waals surface area contributed by atoms with Crippen LogP contribution in [0.4, 0.5) is 0 Å². The second-order valence-electron chi connectivity index (χ2n) is 6.35. The number of nitrogens with one attached hydrogen (secondary N) is 1. The molecule has 3 aromatic carbocycles. The highest BCUT2D eigenvalue weighted by Gasteiger charge is 2.19. The summed E-state index contributed by atoms with van der Waals surface area (Å²) in [5.74, 6) is -0.921. The van der Waals surface area contributed by atoms with Crippen LogP contribution in [-0.2, 0) is 16.1 Å². The van der Waals surface area contributed by atoms with Crippen LogP contribution in [0.5, 0.6) is 0 Å². The Balaban J connectivity index is 1.53. The molecule has 0 fully saturated rings. The first-order valence-corrected chi connectivity index (χ1v) is 9.29. The molecule has 0 spiro atoms. The lowest BCUT2D eigenvalue weighted by Crippen LogP contribution is -2.39. The molecule has 0 saturated carbocycles. The molecule has 0 aliphatic heterocycles. The van der Waals surface area contributed by atoms with Gasteiger partial charge in [0.25, 0.3) is 5.91 Å². The van der Waals surface area contributed by atoms with Crippen molar-refractivity contribution in [3.63, 3.8) is 0 Å². The maximum atomic E-state index is 12.2. The van der Waals surface area contributed by atoms with Crippen LogP contribution in [0.15, 0.2) is 78.9 Å². The van der Waals surface area contributed by atoms with Crippen LogP contribution in [0.2, 0.25) is 5.02 Å². The number of benzene rings is 3. The molecule has 1 atom stereocenters. The molecule has 1 amide bonds. The van der Waals surface area contributed by atoms with E-state index in [0.717, 1.165) is 16.7 Å². The predicted molar refractivity (Wildman–Crippen MR) is 110 cm³/mol. The molecule has 1 N–H and O–H groups in total. The Morgan fingerprint density at radius 3 is 2.18 bits per heavy atom. The fourth-order valence-electron chi connectivity index (χ4n) is 2.68. The number of hydrogen-bond acceptors (Lipinski definition) is 3. The molecule has 0 aliphatic rings. The summed E-state index contributed by atoms with van der Waals surface area (Å²) in [5.41, 5.74) is 3.41. The lowest BCUT2D eigenvalue weighted by Gasteiger charge is -2.14. The van der Waals surface area contributed by atoms with Crippen LogP contribution in [0.1, 0.15) is 22.8 Å². The van der Waals surface area contributed by atoms with Crippen molar-refractivity contribution in [1.29, 1.82) is 0 Å². The van der Waals surface area contributed by atoms with Gasteiger partial charge in [0.2, 0.25) is 0 Å². The maximum absolute atomic E-state index is 12.2. The minimum absolute atomic E-state index is 0.139. The van der Waals surface area contributed by atoms with E-state index in [1.54, 1.807) is 31.2 Å². The highest BCUT2D eigenvalue weighted by Crippen LogP contribution is 2.19. The first-order valence-electron chi connectivity index (χ1n) is 8.91. The van der Waals surface area contributed by atoms with E-state index in [9.17, 15) is 9.59 Å². The van der Waals surface area contributed by atoms with Crippen LogP contribution in [0.3, 0.4) is 0 Å². The third-order valence-electron chi connectivity index (χ3n) is 4.26. The van der Waals surface area contributed by atoms with E-state index in [4.69, 9.17) is 16.3 Å². The van der Waals surface area contributed by atoms with Crippen molar-refractivity contribution in [2.24, 2.45) is 0 Å². The molecule has 0 radical (unpaired) electrons. The molecular weight excluding hydrogens is 374 g/mol. The molecular formula is C23H20ClNO3. The summed E-state index contributed by atoms with van der Waals surface area (Å²) in [5, 5.41) is 2.94. The Morgan fingerprint density at radius 1 is 0.893 bits per heavy atom. The van der Waals surface area contributed by atoms with E-state index in [-0.39, 0.29) is 6.61 Å². The molecule has 3 rings (SSSR count). The van der Waals surface area contributed by atoms with Crippen LogP contribution < -0.4 is 5.32 Å². The van der Waals surface area contributed by atoms with Gasteiger partial charge in [-0.05, 0) is 35.7 Å². The van der Waals surface area contributed by atoms with Crippen molar-refractivity contribution < 1.29 is 14.3 Å². The molecule has 0 heterocycles. The van der Waals surface area contributed by atoms with Crippen LogP contribution in [0.25, 0.3) is 11.1 Å². The van der Waals surface area contributed by atoms with Gasteiger partial charge < -0.3 is 10.1 Å². The maximum Gasteiger partial charge on any atom is 0.328 e. The lowest BCUT2D eigenvalue weighted by molar-refractivity contribution is -0.146. The first kappa shape index (κ1) is 19.6. The van der Waals surface area contributed by atoms with Crippen molar-refractivity contribution in [2.75, 3.05) is 0 Å². The second kappa shape index (κ2) is 9.20. The third-order valence-corrected chi connectivity index (χ3v) is 4.59. The van der Waals surface area contributed by atoms with Gasteiger partial charge in [-0.1, -0.05) is 78.3 Å². The SMILES string of the molecule is C[C@H](NC(=O)c1ccccc1Cl)C(=O)OCc1ccc(-c2ccccc2)cc1. The molecule has 0 saturated heterocycles. The van der Waals surface area contributed by atoms with Gasteiger partial charge >= 0.3 is 5.97 Å². The van der Waals surface area contributed by atoms with Crippen LogP contribution >= 0.6 is 11.6 Å². The van der Waals surface area contributed by atoms with Crippen molar-refractivity contribution in [1.82, 2.24) is 5.32 Å². The molecule has 0 bridgehead atoms. The normalized spacial score (nSPS) is 11.5. The Morgan fingerprint density at radius 2 is 1.50 bits per heavy atom. The van der Waals surface area contributed by atoms with Crippen LogP contribution in [-0.4, -0.2) is 17.9 Å². The Kier molecular flexibility index (Phi) is 6.45. The summed E-state index contributed by atoms with van der Waals surface area (Å²) in [6.45, 7) is 1.72. The van der Waals surface area contributed by atoms with Crippen molar-refractivity contribution in [3.8, 4) is 11.1 Å². The highest BCUT2D eigenvalue weighted by atomic mass is 35.5. The smallest absolute Gasteiger partial charge is 0.328 e. The minimum Gasteiger partial charge on any atom is -0.459 e. The molecule has 3 aromatic rings. The number of rotatable bonds is 6. The van der Waals surface area contributed by atoms with Gasteiger partial charge in [-0.2, -0.15) is 0 Å². The second-order valence-corrected chi connectivity index (χ2v) is 6.75. The number of hydrogen-bond donors (Lipinski definition) is 1. The number of amides is 1. The summed E-state index contributed by atoms with van der Waals surface area (Å²) < 4.78 is 5.32. The zero-order chi connectivity index (χ0) is 19.9. The van der Waals surface area contributed by atoms with E-state index in [2.05, 4.69) is 5.32 Å². The first-order chi connectivity index (χ1) is 13.5. The van der Waals surface area contributed by atoms with Crippen molar-refractivity contribution >= 4 is 23.5 Å². The van der Waals surface area contributed by atoms with Crippen LogP contribution in [0, 0.1) is 0 Å². The zero-order valence-electron chi connectivity index (χ0n) is 15.4. The average Bonchev–Trinajstić information content (AvgIpc) is 2.73. The summed E-state index contributed by atoms with van der Waals surface area (Å²) in [7, 11) is 0. The molecule has 4 nitrogen and oxygen atoms in total. The molecule has 0 aliphatic carbocycles. The number of halogens is 1. The topological polar surface area (TPSA) is 55.4 Å². The van der Waals surface area contributed by atoms with E-state index in [1.165, 1.54) is 0 Å². The quantitative estimate of drug-likeness (QED) is 0.608. The van der Waals surface area contributed by atoms with Gasteiger partial charge in [0, 0.05) is 0 Å². The van der Waals surface area contributed by atoms with Gasteiger partial charge in [0.15, 0.2) is 0 Å². The summed E-state index contributed by atoms with van der Waals surface area (Å²) in [4.78, 5) is 24.4. The largest absolute Gasteiger partial charge is 0.459 e. The van der Waals surface area contributed by atoms with Gasteiger partial charge in [0.05, 0.1) is 10.6 Å². The Labute approximate surface area is 169 Å². The predicted octanol–water partition coefficient (Wildman–Crippen LogP) is 4.87. The van der Waals surface area contributed by atoms with E-state index in [0.29, 0.717) is 10.6 Å². The molecule has 5 heteroatoms. The summed E-state index contributed by atoms with van der Waals surface area (Å²) >= 11 is 6.00. The van der Waals surface area contributed by atoms with Gasteiger partial charge in [-0.3, -0.25) is 4.79 Å². The number of esters is 1. The van der Waals surface area contributed by atoms with Crippen molar-refractivity contribution in [3.05, 3.63) is 95.0 Å². The number of carbonyl (C=O) groups excluding carboxylic acids is 2. The molecule has 0 aromatic heterocycles. The van der Waals surface area contributed by atoms with E-state index < -0.39 is 17.9 Å². The van der Waals surface area contributed by atoms with Crippen molar-refractivity contribution in [2.45, 2.75) is 19.6 Å². The monoisotopic (exact) mass is 393 g/mol. The van der Waals surface area contributed by atoms with E-state index >= 15 is 0 Å².